The topological polar surface area (TPSA) is 53.1 Å². The summed E-state index contributed by atoms with van der Waals surface area (Å²) >= 11 is 5.94. The van der Waals surface area contributed by atoms with Crippen molar-refractivity contribution < 1.29 is 4.74 Å². The van der Waals surface area contributed by atoms with Crippen LogP contribution < -0.4 is 5.73 Å². The third-order valence-corrected chi connectivity index (χ3v) is 2.95. The number of aryl methyl sites for hydroxylation is 1. The molecule has 0 saturated heterocycles. The Kier molecular flexibility index (Phi) is 3.39. The largest absolute Gasteiger partial charge is 0.383 e. The lowest BCUT2D eigenvalue weighted by Crippen LogP contribution is -2.22. The maximum Gasteiger partial charge on any atom is 0.141 e. The normalized spacial score (nSPS) is 15.5. The Labute approximate surface area is 89.0 Å². The number of aromatic nitrogens is 2. The molecule has 14 heavy (non-hydrogen) atoms. The monoisotopic (exact) mass is 217 g/mol. The fourth-order valence-corrected chi connectivity index (χ4v) is 1.38. The quantitative estimate of drug-likeness (QED) is 0.843. The minimum Gasteiger partial charge on any atom is -0.383 e. The van der Waals surface area contributed by atoms with Gasteiger partial charge in [0, 0.05) is 7.11 Å². The van der Waals surface area contributed by atoms with Gasteiger partial charge in [0.1, 0.15) is 10.8 Å². The van der Waals surface area contributed by atoms with Crippen LogP contribution in [-0.4, -0.2) is 23.0 Å². The first-order chi connectivity index (χ1) is 6.49. The molecule has 1 aromatic heterocycles. The van der Waals surface area contributed by atoms with Gasteiger partial charge < -0.3 is 10.5 Å². The fourth-order valence-electron chi connectivity index (χ4n) is 1.25. The number of hydrogen-bond acceptors (Lipinski definition) is 3. The lowest BCUT2D eigenvalue weighted by molar-refractivity contribution is 0.0740. The minimum absolute atomic E-state index is 0.0488. The van der Waals surface area contributed by atoms with Crippen LogP contribution in [-0.2, 0) is 4.74 Å². The molecule has 0 aromatic carbocycles. The van der Waals surface area contributed by atoms with E-state index in [1.165, 1.54) is 0 Å². The number of ether oxygens (including phenoxy) is 1. The highest BCUT2D eigenvalue weighted by molar-refractivity contribution is 6.33. The molecule has 0 aliphatic heterocycles. The smallest absolute Gasteiger partial charge is 0.141 e. The molecule has 4 nitrogen and oxygen atoms in total. The van der Waals surface area contributed by atoms with Gasteiger partial charge in [-0.25, -0.2) is 4.68 Å². The molecule has 2 N–H and O–H groups in total. The molecule has 2 unspecified atom stereocenters. The maximum atomic E-state index is 5.94. The average Bonchev–Trinajstić information content (AvgIpc) is 2.43. The molecule has 0 saturated carbocycles. The van der Waals surface area contributed by atoms with Gasteiger partial charge in [-0.2, -0.15) is 5.10 Å². The molecule has 0 radical (unpaired) electrons. The first-order valence-electron chi connectivity index (χ1n) is 4.52. The van der Waals surface area contributed by atoms with E-state index >= 15 is 0 Å². The van der Waals surface area contributed by atoms with Crippen LogP contribution in [0.3, 0.4) is 0 Å². The highest BCUT2D eigenvalue weighted by Gasteiger charge is 2.19. The molecule has 1 heterocycles. The molecule has 0 amide bonds. The van der Waals surface area contributed by atoms with Crippen LogP contribution in [0.4, 0.5) is 5.82 Å². The fraction of sp³-hybridized carbons (Fsp3) is 0.667. The number of hydrogen-bond donors (Lipinski definition) is 1. The second-order valence-electron chi connectivity index (χ2n) is 3.41. The zero-order valence-electron chi connectivity index (χ0n) is 8.91. The van der Waals surface area contributed by atoms with Crippen molar-refractivity contribution in [2.45, 2.75) is 32.9 Å². The molecule has 2 atom stereocenters. The van der Waals surface area contributed by atoms with Crippen molar-refractivity contribution in [3.8, 4) is 0 Å². The summed E-state index contributed by atoms with van der Waals surface area (Å²) in [5, 5.41) is 4.79. The summed E-state index contributed by atoms with van der Waals surface area (Å²) in [6, 6.07) is 0.0752. The van der Waals surface area contributed by atoms with E-state index in [0.717, 1.165) is 5.69 Å². The van der Waals surface area contributed by atoms with Crippen molar-refractivity contribution in [1.82, 2.24) is 9.78 Å². The molecule has 0 aliphatic carbocycles. The number of halogens is 1. The molecular formula is C9H16ClN3O. The van der Waals surface area contributed by atoms with Crippen LogP contribution in [0.1, 0.15) is 25.6 Å². The number of anilines is 1. The van der Waals surface area contributed by atoms with Crippen LogP contribution >= 0.6 is 11.6 Å². The van der Waals surface area contributed by atoms with Crippen molar-refractivity contribution in [3.63, 3.8) is 0 Å². The first kappa shape index (κ1) is 11.3. The lowest BCUT2D eigenvalue weighted by atomic mass is 10.2. The molecule has 0 bridgehead atoms. The zero-order valence-corrected chi connectivity index (χ0v) is 9.67. The summed E-state index contributed by atoms with van der Waals surface area (Å²) in [6.07, 6.45) is 0.0488. The van der Waals surface area contributed by atoms with Gasteiger partial charge in [0.15, 0.2) is 0 Å². The van der Waals surface area contributed by atoms with Gasteiger partial charge in [0.25, 0.3) is 0 Å². The Bertz CT molecular complexity index is 324. The van der Waals surface area contributed by atoms with E-state index in [2.05, 4.69) is 5.10 Å². The van der Waals surface area contributed by atoms with E-state index in [1.807, 2.05) is 20.8 Å². The van der Waals surface area contributed by atoms with E-state index in [-0.39, 0.29) is 12.1 Å². The Morgan fingerprint density at radius 2 is 2.07 bits per heavy atom. The molecule has 0 aliphatic rings. The highest BCUT2D eigenvalue weighted by atomic mass is 35.5. The average molecular weight is 218 g/mol. The van der Waals surface area contributed by atoms with Gasteiger partial charge in [-0.1, -0.05) is 11.6 Å². The van der Waals surface area contributed by atoms with Crippen molar-refractivity contribution in [1.29, 1.82) is 0 Å². The number of methoxy groups -OCH3 is 1. The van der Waals surface area contributed by atoms with E-state index in [9.17, 15) is 0 Å². The molecule has 5 heteroatoms. The number of nitrogens with two attached hydrogens (primary N) is 1. The van der Waals surface area contributed by atoms with E-state index < -0.39 is 0 Å². The summed E-state index contributed by atoms with van der Waals surface area (Å²) in [5.74, 6) is 0.501. The van der Waals surface area contributed by atoms with E-state index in [1.54, 1.807) is 11.8 Å². The predicted octanol–water partition coefficient (Wildman–Crippen LogP) is 2.02. The predicted molar refractivity (Wildman–Crippen MR) is 57.6 cm³/mol. The maximum absolute atomic E-state index is 5.94. The van der Waals surface area contributed by atoms with Gasteiger partial charge in [-0.15, -0.1) is 0 Å². The van der Waals surface area contributed by atoms with Crippen LogP contribution in [0.25, 0.3) is 0 Å². The summed E-state index contributed by atoms with van der Waals surface area (Å²) in [4.78, 5) is 0. The van der Waals surface area contributed by atoms with Crippen molar-refractivity contribution in [3.05, 3.63) is 10.7 Å². The number of nitrogen functional groups attached to an aromatic ring is 1. The Hall–Kier alpha value is -0.740. The number of rotatable bonds is 3. The molecule has 1 aromatic rings. The summed E-state index contributed by atoms with van der Waals surface area (Å²) in [5.41, 5.74) is 6.56. The summed E-state index contributed by atoms with van der Waals surface area (Å²) < 4.78 is 6.91. The zero-order chi connectivity index (χ0) is 10.9. The first-order valence-corrected chi connectivity index (χ1v) is 4.89. The molecular weight excluding hydrogens is 202 g/mol. The van der Waals surface area contributed by atoms with Gasteiger partial charge in [0.05, 0.1) is 17.8 Å². The van der Waals surface area contributed by atoms with Crippen LogP contribution in [0.5, 0.6) is 0 Å². The van der Waals surface area contributed by atoms with E-state index in [0.29, 0.717) is 10.8 Å². The molecule has 1 rings (SSSR count). The van der Waals surface area contributed by atoms with Crippen LogP contribution in [0.2, 0.25) is 5.02 Å². The minimum atomic E-state index is 0.0488. The third kappa shape index (κ3) is 1.86. The number of nitrogens with zero attached hydrogens (tertiary/aromatic N) is 2. The van der Waals surface area contributed by atoms with Crippen molar-refractivity contribution >= 4 is 17.4 Å². The van der Waals surface area contributed by atoms with Gasteiger partial charge >= 0.3 is 0 Å². The highest BCUT2D eigenvalue weighted by Crippen LogP contribution is 2.26. The molecule has 0 fully saturated rings. The van der Waals surface area contributed by atoms with Gasteiger partial charge in [-0.05, 0) is 20.8 Å². The summed E-state index contributed by atoms with van der Waals surface area (Å²) in [7, 11) is 1.66. The lowest BCUT2D eigenvalue weighted by Gasteiger charge is -2.19. The Morgan fingerprint density at radius 1 is 1.50 bits per heavy atom. The van der Waals surface area contributed by atoms with Gasteiger partial charge in [0.2, 0.25) is 0 Å². The SMILES string of the molecule is COC(C)C(C)n1nc(C)c(Cl)c1N. The van der Waals surface area contributed by atoms with E-state index in [4.69, 9.17) is 22.1 Å². The summed E-state index contributed by atoms with van der Waals surface area (Å²) in [6.45, 7) is 5.79. The second-order valence-corrected chi connectivity index (χ2v) is 3.79. The van der Waals surface area contributed by atoms with Crippen molar-refractivity contribution in [2.24, 2.45) is 0 Å². The van der Waals surface area contributed by atoms with Crippen molar-refractivity contribution in [2.75, 3.05) is 12.8 Å². The Morgan fingerprint density at radius 3 is 2.43 bits per heavy atom. The Balaban J connectivity index is 3.01. The molecule has 80 valence electrons. The molecule has 0 spiro atoms. The van der Waals surface area contributed by atoms with Gasteiger partial charge in [-0.3, -0.25) is 0 Å². The van der Waals surface area contributed by atoms with Crippen LogP contribution in [0, 0.1) is 6.92 Å². The third-order valence-electron chi connectivity index (χ3n) is 2.48. The standard InChI is InChI=1S/C9H16ClN3O/c1-5-8(10)9(11)13(12-5)6(2)7(3)14-4/h6-7H,11H2,1-4H3. The van der Waals surface area contributed by atoms with Crippen LogP contribution in [0.15, 0.2) is 0 Å². The second kappa shape index (κ2) is 4.19.